The van der Waals surface area contributed by atoms with Crippen LogP contribution < -0.4 is 0 Å². The Kier molecular flexibility index (Phi) is 65.4. The summed E-state index contributed by atoms with van der Waals surface area (Å²) in [5.74, 6) is -0.935. The van der Waals surface area contributed by atoms with E-state index in [0.29, 0.717) is 19.3 Å². The number of ether oxygens (including phenoxy) is 3. The molecule has 0 aliphatic heterocycles. The van der Waals surface area contributed by atoms with Crippen molar-refractivity contribution in [3.63, 3.8) is 0 Å². The van der Waals surface area contributed by atoms with Gasteiger partial charge in [0.15, 0.2) is 6.10 Å². The number of esters is 3. The van der Waals surface area contributed by atoms with Gasteiger partial charge in [0.05, 0.1) is 0 Å². The molecule has 6 nitrogen and oxygen atoms in total. The number of rotatable bonds is 60. The summed E-state index contributed by atoms with van der Waals surface area (Å²) in [6.07, 6.45) is 101. The lowest BCUT2D eigenvalue weighted by Gasteiger charge is -2.18. The van der Waals surface area contributed by atoms with Crippen LogP contribution in [0.15, 0.2) is 158 Å². The lowest BCUT2D eigenvalue weighted by Crippen LogP contribution is -2.30. The SMILES string of the molecule is CC/C=C\C/C=C\C/C=C\C/C=C\C/C=C\C/C=C\C/C=C\C/C=C\C/C=C\C/C=C\CCCCCCC(=O)OCC(COC(=O)CCCCCCCCC)OC(=O)CCCCCCCCCC/C=C\C/C=C\C/C=C\CCCCCCC. The zero-order valence-electron chi connectivity index (χ0n) is 53.7. The van der Waals surface area contributed by atoms with E-state index in [9.17, 15) is 14.4 Å². The Morgan fingerprint density at radius 3 is 0.735 bits per heavy atom. The average molecular weight is 1150 g/mol. The Hall–Kier alpha value is -4.97. The maximum absolute atomic E-state index is 12.9. The van der Waals surface area contributed by atoms with Crippen molar-refractivity contribution in [1.29, 1.82) is 0 Å². The third-order valence-electron chi connectivity index (χ3n) is 14.0. The summed E-state index contributed by atoms with van der Waals surface area (Å²) in [7, 11) is 0. The van der Waals surface area contributed by atoms with Crippen molar-refractivity contribution in [2.45, 2.75) is 297 Å². The van der Waals surface area contributed by atoms with Crippen LogP contribution in [0.25, 0.3) is 0 Å². The van der Waals surface area contributed by atoms with E-state index in [-0.39, 0.29) is 31.1 Å². The number of allylic oxidation sites excluding steroid dienone is 26. The number of hydrogen-bond donors (Lipinski definition) is 0. The number of unbranched alkanes of at least 4 members (excludes halogenated alkanes) is 23. The van der Waals surface area contributed by atoms with Gasteiger partial charge in [0.1, 0.15) is 13.2 Å². The van der Waals surface area contributed by atoms with Crippen molar-refractivity contribution in [2.24, 2.45) is 0 Å². The Labute approximate surface area is 511 Å². The molecule has 0 aromatic carbocycles. The molecular formula is C77H124O6. The molecule has 0 saturated heterocycles. The molecule has 0 spiro atoms. The third kappa shape index (κ3) is 67.7. The molecule has 0 aliphatic rings. The summed E-state index contributed by atoms with van der Waals surface area (Å²) in [6, 6.07) is 0. The van der Waals surface area contributed by atoms with Gasteiger partial charge in [-0.25, -0.2) is 0 Å². The van der Waals surface area contributed by atoms with Gasteiger partial charge in [-0.3, -0.25) is 14.4 Å². The van der Waals surface area contributed by atoms with Gasteiger partial charge in [0.25, 0.3) is 0 Å². The van der Waals surface area contributed by atoms with Crippen LogP contribution in [-0.2, 0) is 28.6 Å². The summed E-state index contributed by atoms with van der Waals surface area (Å²) in [4.78, 5) is 38.1. The zero-order valence-corrected chi connectivity index (χ0v) is 53.7. The second-order valence-corrected chi connectivity index (χ2v) is 22.0. The molecular weight excluding hydrogens is 1020 g/mol. The molecule has 6 heteroatoms. The molecule has 1 unspecified atom stereocenters. The van der Waals surface area contributed by atoms with Crippen molar-refractivity contribution >= 4 is 17.9 Å². The van der Waals surface area contributed by atoms with Crippen LogP contribution >= 0.6 is 0 Å². The van der Waals surface area contributed by atoms with Gasteiger partial charge in [0, 0.05) is 19.3 Å². The smallest absolute Gasteiger partial charge is 0.306 e. The van der Waals surface area contributed by atoms with Crippen LogP contribution in [0.1, 0.15) is 290 Å². The Morgan fingerprint density at radius 2 is 0.470 bits per heavy atom. The summed E-state index contributed by atoms with van der Waals surface area (Å²) in [5, 5.41) is 0. The Morgan fingerprint density at radius 1 is 0.253 bits per heavy atom. The first kappa shape index (κ1) is 78.0. The Bertz CT molecular complexity index is 1840. The van der Waals surface area contributed by atoms with E-state index in [4.69, 9.17) is 14.2 Å². The fourth-order valence-corrected chi connectivity index (χ4v) is 8.95. The predicted molar refractivity (Wildman–Crippen MR) is 362 cm³/mol. The molecule has 0 N–H and O–H groups in total. The van der Waals surface area contributed by atoms with E-state index in [1.165, 1.54) is 96.3 Å². The second kappa shape index (κ2) is 69.5. The van der Waals surface area contributed by atoms with Gasteiger partial charge in [-0.2, -0.15) is 0 Å². The van der Waals surface area contributed by atoms with E-state index in [0.717, 1.165) is 154 Å². The van der Waals surface area contributed by atoms with E-state index < -0.39 is 6.10 Å². The first-order valence-electron chi connectivity index (χ1n) is 34.0. The fourth-order valence-electron chi connectivity index (χ4n) is 8.95. The first-order valence-corrected chi connectivity index (χ1v) is 34.0. The highest BCUT2D eigenvalue weighted by Crippen LogP contribution is 2.15. The highest BCUT2D eigenvalue weighted by atomic mass is 16.6. The standard InChI is InChI=1S/C77H124O6/c1-4-7-10-13-16-18-20-22-24-26-28-30-32-33-34-35-36-37-38-39-40-41-42-43-45-46-48-50-52-54-56-58-61-64-67-70-76(79)82-73-74(72-81-75(78)69-66-63-60-15-12-9-6-3)83-77(80)71-68-65-62-59-57-55-53-51-49-47-44-31-29-27-25-23-21-19-17-14-11-8-5-2/h7,10,16,18,21-24,27-30,33-34,36-37,39-40,42-44,46-48,52,54,74H,4-6,8-9,11-15,17,19-20,25-26,31-32,35,38,41,45,49-51,53,55-73H2,1-3H3/b10-7-,18-16-,23-21-,24-22-,29-27-,30-28-,34-33-,37-36-,40-39-,43-42-,47-44-,48-46-,54-52-. The first-order chi connectivity index (χ1) is 41.0. The third-order valence-corrected chi connectivity index (χ3v) is 14.0. The zero-order chi connectivity index (χ0) is 59.9. The minimum Gasteiger partial charge on any atom is -0.462 e. The maximum atomic E-state index is 12.9. The normalized spacial score (nSPS) is 13.1. The van der Waals surface area contributed by atoms with Crippen molar-refractivity contribution in [2.75, 3.05) is 13.2 Å². The molecule has 0 heterocycles. The number of carbonyl (C=O) groups excluding carboxylic acids is 3. The molecule has 0 rings (SSSR count). The lowest BCUT2D eigenvalue weighted by molar-refractivity contribution is -0.167. The van der Waals surface area contributed by atoms with Crippen molar-refractivity contribution in [3.05, 3.63) is 158 Å². The monoisotopic (exact) mass is 1140 g/mol. The highest BCUT2D eigenvalue weighted by Gasteiger charge is 2.19. The van der Waals surface area contributed by atoms with Crippen molar-refractivity contribution in [3.8, 4) is 0 Å². The van der Waals surface area contributed by atoms with Gasteiger partial charge in [-0.15, -0.1) is 0 Å². The average Bonchev–Trinajstić information content (AvgIpc) is 3.49. The van der Waals surface area contributed by atoms with Gasteiger partial charge in [-0.1, -0.05) is 294 Å². The van der Waals surface area contributed by atoms with E-state index in [1.807, 2.05) is 0 Å². The summed E-state index contributed by atoms with van der Waals surface area (Å²) >= 11 is 0. The minimum atomic E-state index is -0.797. The van der Waals surface area contributed by atoms with Gasteiger partial charge in [-0.05, 0) is 135 Å². The molecule has 1 atom stereocenters. The van der Waals surface area contributed by atoms with E-state index in [2.05, 4.69) is 179 Å². The molecule has 0 radical (unpaired) electrons. The molecule has 83 heavy (non-hydrogen) atoms. The van der Waals surface area contributed by atoms with E-state index in [1.54, 1.807) is 0 Å². The molecule has 468 valence electrons. The quantitative estimate of drug-likeness (QED) is 0.0261. The second-order valence-electron chi connectivity index (χ2n) is 22.0. The topological polar surface area (TPSA) is 78.9 Å². The largest absolute Gasteiger partial charge is 0.462 e. The summed E-state index contributed by atoms with van der Waals surface area (Å²) < 4.78 is 16.8. The predicted octanol–water partition coefficient (Wildman–Crippen LogP) is 23.7. The van der Waals surface area contributed by atoms with Crippen LogP contribution in [0, 0.1) is 0 Å². The maximum Gasteiger partial charge on any atom is 0.306 e. The van der Waals surface area contributed by atoms with Gasteiger partial charge >= 0.3 is 17.9 Å². The van der Waals surface area contributed by atoms with Crippen LogP contribution in [0.4, 0.5) is 0 Å². The summed E-state index contributed by atoms with van der Waals surface area (Å²) in [6.45, 7) is 6.45. The lowest BCUT2D eigenvalue weighted by atomic mass is 10.1. The molecule has 0 aromatic rings. The van der Waals surface area contributed by atoms with Gasteiger partial charge in [0.2, 0.25) is 0 Å². The molecule has 0 amide bonds. The molecule has 0 aliphatic carbocycles. The molecule has 0 aromatic heterocycles. The van der Waals surface area contributed by atoms with Crippen LogP contribution in [0.5, 0.6) is 0 Å². The minimum absolute atomic E-state index is 0.0934. The van der Waals surface area contributed by atoms with Crippen LogP contribution in [-0.4, -0.2) is 37.2 Å². The fraction of sp³-hybridized carbons (Fsp3) is 0.623. The van der Waals surface area contributed by atoms with E-state index >= 15 is 0 Å². The van der Waals surface area contributed by atoms with Crippen molar-refractivity contribution < 1.29 is 28.6 Å². The molecule has 0 bridgehead atoms. The van der Waals surface area contributed by atoms with Crippen molar-refractivity contribution in [1.82, 2.24) is 0 Å². The molecule has 0 saturated carbocycles. The molecule has 0 fully saturated rings. The van der Waals surface area contributed by atoms with Crippen LogP contribution in [0.2, 0.25) is 0 Å². The van der Waals surface area contributed by atoms with Crippen LogP contribution in [0.3, 0.4) is 0 Å². The van der Waals surface area contributed by atoms with Gasteiger partial charge < -0.3 is 14.2 Å². The number of hydrogen-bond acceptors (Lipinski definition) is 6. The summed E-state index contributed by atoms with van der Waals surface area (Å²) in [5.41, 5.74) is 0. The number of carbonyl (C=O) groups is 3. The highest BCUT2D eigenvalue weighted by molar-refractivity contribution is 5.71. The Balaban J connectivity index is 4.22.